The zero-order valence-electron chi connectivity index (χ0n) is 11.9. The summed E-state index contributed by atoms with van der Waals surface area (Å²) in [5, 5.41) is 3.60. The summed E-state index contributed by atoms with van der Waals surface area (Å²) in [4.78, 5) is 25.0. The normalized spacial score (nSPS) is 27.8. The Hall–Kier alpha value is -1.36. The Kier molecular flexibility index (Phi) is 3.32. The molecule has 2 aliphatic carbocycles. The molecule has 0 aromatic carbocycles. The number of fused-ring (bicyclic) bond motifs is 1. The van der Waals surface area contributed by atoms with Gasteiger partial charge in [0.1, 0.15) is 5.00 Å². The summed E-state index contributed by atoms with van der Waals surface area (Å²) in [6.07, 6.45) is 3.90. The molecule has 0 bridgehead atoms. The van der Waals surface area contributed by atoms with Gasteiger partial charge in [0.05, 0.1) is 5.56 Å². The third kappa shape index (κ3) is 2.35. The van der Waals surface area contributed by atoms with Crippen LogP contribution in [0.5, 0.6) is 0 Å². The van der Waals surface area contributed by atoms with Gasteiger partial charge < -0.3 is 11.1 Å². The van der Waals surface area contributed by atoms with Gasteiger partial charge in [0, 0.05) is 10.8 Å². The van der Waals surface area contributed by atoms with Crippen molar-refractivity contribution < 1.29 is 9.59 Å². The third-order valence-electron chi connectivity index (χ3n) is 4.44. The van der Waals surface area contributed by atoms with Gasteiger partial charge in [-0.05, 0) is 43.1 Å². The number of nitrogens with two attached hydrogens (primary N) is 1. The second-order valence-electron chi connectivity index (χ2n) is 6.23. The van der Waals surface area contributed by atoms with E-state index in [1.807, 2.05) is 0 Å². The first-order valence-corrected chi connectivity index (χ1v) is 8.04. The highest BCUT2D eigenvalue weighted by Gasteiger charge is 2.40. The fraction of sp³-hybridized carbons (Fsp3) is 0.600. The predicted octanol–water partition coefficient (Wildman–Crippen LogP) is 2.57. The van der Waals surface area contributed by atoms with Crippen LogP contribution in [0.15, 0.2) is 0 Å². The quantitative estimate of drug-likeness (QED) is 0.898. The van der Waals surface area contributed by atoms with E-state index in [0.717, 1.165) is 31.2 Å². The van der Waals surface area contributed by atoms with E-state index in [2.05, 4.69) is 19.2 Å². The molecule has 3 rings (SSSR count). The number of hydrogen-bond acceptors (Lipinski definition) is 3. The molecule has 0 unspecified atom stereocenters. The van der Waals surface area contributed by atoms with Crippen LogP contribution in [0.3, 0.4) is 0 Å². The van der Waals surface area contributed by atoms with Crippen LogP contribution in [0.4, 0.5) is 5.00 Å². The fourth-order valence-electron chi connectivity index (χ4n) is 2.99. The van der Waals surface area contributed by atoms with Crippen molar-refractivity contribution in [2.75, 3.05) is 5.32 Å². The molecule has 1 saturated carbocycles. The Labute approximate surface area is 122 Å². The monoisotopic (exact) mass is 292 g/mol. The molecular formula is C15H20N2O2S. The minimum absolute atomic E-state index is 0.0339. The van der Waals surface area contributed by atoms with Gasteiger partial charge in [-0.1, -0.05) is 13.8 Å². The lowest BCUT2D eigenvalue weighted by Crippen LogP contribution is -2.20. The minimum Gasteiger partial charge on any atom is -0.365 e. The Balaban J connectivity index is 1.90. The van der Waals surface area contributed by atoms with Crippen LogP contribution in [-0.4, -0.2) is 11.8 Å². The van der Waals surface area contributed by atoms with Crippen molar-refractivity contribution in [2.45, 2.75) is 39.5 Å². The van der Waals surface area contributed by atoms with Crippen molar-refractivity contribution in [1.29, 1.82) is 0 Å². The van der Waals surface area contributed by atoms with Crippen molar-refractivity contribution in [2.24, 2.45) is 23.5 Å². The number of primary amides is 1. The number of rotatable bonds is 3. The minimum atomic E-state index is -0.420. The van der Waals surface area contributed by atoms with Crippen molar-refractivity contribution in [3.05, 3.63) is 16.0 Å². The summed E-state index contributed by atoms with van der Waals surface area (Å²) < 4.78 is 0. The van der Waals surface area contributed by atoms with E-state index >= 15 is 0 Å². The molecule has 1 fully saturated rings. The van der Waals surface area contributed by atoms with Crippen molar-refractivity contribution in [3.63, 3.8) is 0 Å². The molecule has 108 valence electrons. The molecule has 0 radical (unpaired) electrons. The summed E-state index contributed by atoms with van der Waals surface area (Å²) in [6, 6.07) is 0. The highest BCUT2D eigenvalue weighted by atomic mass is 32.1. The topological polar surface area (TPSA) is 72.2 Å². The maximum Gasteiger partial charge on any atom is 0.251 e. The van der Waals surface area contributed by atoms with Crippen LogP contribution >= 0.6 is 11.3 Å². The zero-order valence-corrected chi connectivity index (χ0v) is 12.7. The van der Waals surface area contributed by atoms with Crippen LogP contribution in [0.1, 0.15) is 47.5 Å². The summed E-state index contributed by atoms with van der Waals surface area (Å²) in [5.74, 6) is 0.812. The van der Waals surface area contributed by atoms with Gasteiger partial charge in [0.15, 0.2) is 0 Å². The van der Waals surface area contributed by atoms with Crippen LogP contribution in [0.2, 0.25) is 0 Å². The summed E-state index contributed by atoms with van der Waals surface area (Å²) in [6.45, 7) is 4.29. The average molecular weight is 292 g/mol. The Morgan fingerprint density at radius 1 is 1.35 bits per heavy atom. The second-order valence-corrected chi connectivity index (χ2v) is 7.33. The molecule has 1 aromatic rings. The number of hydrogen-bond donors (Lipinski definition) is 2. The van der Waals surface area contributed by atoms with Crippen molar-refractivity contribution in [1.82, 2.24) is 0 Å². The average Bonchev–Trinajstić information content (AvgIpc) is 2.98. The molecule has 0 aliphatic heterocycles. The van der Waals surface area contributed by atoms with E-state index in [1.54, 1.807) is 0 Å². The number of amides is 2. The van der Waals surface area contributed by atoms with Gasteiger partial charge in [-0.25, -0.2) is 0 Å². The Morgan fingerprint density at radius 3 is 2.65 bits per heavy atom. The highest BCUT2D eigenvalue weighted by Crippen LogP contribution is 2.42. The van der Waals surface area contributed by atoms with Crippen LogP contribution in [0.25, 0.3) is 0 Å². The predicted molar refractivity (Wildman–Crippen MR) is 79.9 cm³/mol. The first-order valence-electron chi connectivity index (χ1n) is 7.22. The number of thiophene rings is 1. The molecule has 20 heavy (non-hydrogen) atoms. The molecule has 4 nitrogen and oxygen atoms in total. The van der Waals surface area contributed by atoms with E-state index < -0.39 is 5.91 Å². The molecule has 0 saturated heterocycles. The van der Waals surface area contributed by atoms with Gasteiger partial charge in [0.25, 0.3) is 5.91 Å². The van der Waals surface area contributed by atoms with Crippen LogP contribution in [-0.2, 0) is 17.6 Å². The van der Waals surface area contributed by atoms with Gasteiger partial charge in [0.2, 0.25) is 5.91 Å². The molecule has 3 N–H and O–H groups in total. The second kappa shape index (κ2) is 4.88. The zero-order chi connectivity index (χ0) is 14.4. The van der Waals surface area contributed by atoms with Crippen molar-refractivity contribution in [3.8, 4) is 0 Å². The summed E-state index contributed by atoms with van der Waals surface area (Å²) >= 11 is 1.54. The van der Waals surface area contributed by atoms with Gasteiger partial charge >= 0.3 is 0 Å². The highest BCUT2D eigenvalue weighted by molar-refractivity contribution is 7.17. The lowest BCUT2D eigenvalue weighted by atomic mass is 9.88. The van der Waals surface area contributed by atoms with E-state index in [1.165, 1.54) is 16.2 Å². The maximum absolute atomic E-state index is 12.1. The Bertz CT molecular complexity index is 579. The molecule has 5 heteroatoms. The first kappa shape index (κ1) is 13.6. The van der Waals surface area contributed by atoms with Crippen LogP contribution < -0.4 is 11.1 Å². The molecule has 2 aliphatic rings. The molecule has 2 amide bonds. The summed E-state index contributed by atoms with van der Waals surface area (Å²) in [5.41, 5.74) is 7.15. The fourth-order valence-corrected chi connectivity index (χ4v) is 4.41. The number of nitrogens with one attached hydrogen (secondary N) is 1. The van der Waals surface area contributed by atoms with Gasteiger partial charge in [-0.2, -0.15) is 0 Å². The largest absolute Gasteiger partial charge is 0.365 e. The number of anilines is 1. The van der Waals surface area contributed by atoms with Gasteiger partial charge in [-0.3, -0.25) is 9.59 Å². The number of carbonyl (C=O) groups excluding carboxylic acids is 2. The lowest BCUT2D eigenvalue weighted by molar-refractivity contribution is -0.117. The van der Waals surface area contributed by atoms with E-state index in [0.29, 0.717) is 22.4 Å². The van der Waals surface area contributed by atoms with Crippen LogP contribution in [0, 0.1) is 17.8 Å². The lowest BCUT2D eigenvalue weighted by Gasteiger charge is -2.18. The standard InChI is InChI=1S/C15H20N2O2S/c1-7-3-4-9-11(5-7)20-15(12(9)13(16)18)17-14(19)10-6-8(10)2/h7-8,10H,3-6H2,1-2H3,(H2,16,18)(H,17,19)/t7-,8+,10-/m1/s1. The number of carbonyl (C=O) groups is 2. The first-order chi connectivity index (χ1) is 9.47. The SMILES string of the molecule is C[C@@H]1CCc2c(sc(NC(=O)[C@@H]3C[C@@H]3C)c2C(N)=O)C1. The molecule has 0 spiro atoms. The van der Waals surface area contributed by atoms with Crippen molar-refractivity contribution >= 4 is 28.2 Å². The molecular weight excluding hydrogens is 272 g/mol. The molecule has 1 aromatic heterocycles. The smallest absolute Gasteiger partial charge is 0.251 e. The third-order valence-corrected chi connectivity index (χ3v) is 5.61. The van der Waals surface area contributed by atoms with E-state index in [9.17, 15) is 9.59 Å². The van der Waals surface area contributed by atoms with Gasteiger partial charge in [-0.15, -0.1) is 11.3 Å². The summed E-state index contributed by atoms with van der Waals surface area (Å²) in [7, 11) is 0. The molecule has 3 atom stereocenters. The van der Waals surface area contributed by atoms with E-state index in [4.69, 9.17) is 5.73 Å². The maximum atomic E-state index is 12.1. The molecule has 1 heterocycles. The Morgan fingerprint density at radius 2 is 2.05 bits per heavy atom. The van der Waals surface area contributed by atoms with E-state index in [-0.39, 0.29) is 11.8 Å².